The molecule has 0 heterocycles. The highest BCUT2D eigenvalue weighted by molar-refractivity contribution is 9.10. The number of anilines is 1. The first-order valence-corrected chi connectivity index (χ1v) is 5.68. The van der Waals surface area contributed by atoms with Crippen molar-refractivity contribution in [3.63, 3.8) is 0 Å². The van der Waals surface area contributed by atoms with Crippen LogP contribution in [0.4, 0.5) is 5.69 Å². The minimum Gasteiger partial charge on any atom is -0.497 e. The number of halogens is 1. The lowest BCUT2D eigenvalue weighted by Gasteiger charge is -2.27. The first-order valence-electron chi connectivity index (χ1n) is 4.89. The summed E-state index contributed by atoms with van der Waals surface area (Å²) in [5.41, 5.74) is 1.14. The van der Waals surface area contributed by atoms with Crippen LogP contribution in [0.25, 0.3) is 0 Å². The molecule has 3 heteroatoms. The van der Waals surface area contributed by atoms with Crippen molar-refractivity contribution >= 4 is 21.6 Å². The van der Waals surface area contributed by atoms with Crippen LogP contribution in [0, 0.1) is 0 Å². The van der Waals surface area contributed by atoms with E-state index in [0.717, 1.165) is 15.9 Å². The number of benzene rings is 1. The molecule has 1 saturated carbocycles. The molecule has 76 valence electrons. The van der Waals surface area contributed by atoms with Crippen molar-refractivity contribution in [3.05, 3.63) is 22.7 Å². The summed E-state index contributed by atoms with van der Waals surface area (Å²) in [7, 11) is 1.69. The summed E-state index contributed by atoms with van der Waals surface area (Å²) in [5, 5.41) is 3.48. The Labute approximate surface area is 92.8 Å². The maximum atomic E-state index is 5.20. The van der Waals surface area contributed by atoms with Gasteiger partial charge in [0.15, 0.2) is 0 Å². The van der Waals surface area contributed by atoms with Gasteiger partial charge in [0.05, 0.1) is 7.11 Å². The second-order valence-corrected chi connectivity index (χ2v) is 4.57. The van der Waals surface area contributed by atoms with Crippen molar-refractivity contribution in [2.75, 3.05) is 12.4 Å². The fraction of sp³-hybridized carbons (Fsp3) is 0.455. The van der Waals surface area contributed by atoms with E-state index in [1.165, 1.54) is 19.3 Å². The van der Waals surface area contributed by atoms with Gasteiger partial charge in [0, 0.05) is 22.3 Å². The molecule has 0 amide bonds. The largest absolute Gasteiger partial charge is 0.497 e. The van der Waals surface area contributed by atoms with Crippen molar-refractivity contribution in [2.45, 2.75) is 25.3 Å². The van der Waals surface area contributed by atoms with Crippen LogP contribution >= 0.6 is 15.9 Å². The normalized spacial score (nSPS) is 16.1. The van der Waals surface area contributed by atoms with Gasteiger partial charge >= 0.3 is 0 Å². The summed E-state index contributed by atoms with van der Waals surface area (Å²) in [6, 6.07) is 6.74. The Morgan fingerprint density at radius 1 is 1.36 bits per heavy atom. The first-order chi connectivity index (χ1) is 6.78. The van der Waals surface area contributed by atoms with Crippen LogP contribution in [-0.4, -0.2) is 13.2 Å². The van der Waals surface area contributed by atoms with E-state index in [0.29, 0.717) is 6.04 Å². The molecule has 1 aliphatic rings. The summed E-state index contributed by atoms with van der Waals surface area (Å²) in [5.74, 6) is 0.890. The van der Waals surface area contributed by atoms with Crippen LogP contribution in [0.3, 0.4) is 0 Å². The lowest BCUT2D eigenvalue weighted by molar-refractivity contribution is 0.414. The zero-order valence-electron chi connectivity index (χ0n) is 8.22. The number of rotatable bonds is 3. The van der Waals surface area contributed by atoms with Crippen LogP contribution in [-0.2, 0) is 0 Å². The average molecular weight is 256 g/mol. The van der Waals surface area contributed by atoms with E-state index < -0.39 is 0 Å². The van der Waals surface area contributed by atoms with Crippen molar-refractivity contribution in [1.82, 2.24) is 0 Å². The molecule has 1 fully saturated rings. The third-order valence-corrected chi connectivity index (χ3v) is 3.04. The third kappa shape index (κ3) is 2.21. The van der Waals surface area contributed by atoms with Crippen LogP contribution in [0.5, 0.6) is 5.75 Å². The predicted octanol–water partition coefficient (Wildman–Crippen LogP) is 3.42. The van der Waals surface area contributed by atoms with Crippen molar-refractivity contribution < 1.29 is 4.74 Å². The molecular formula is C11H14BrNO. The van der Waals surface area contributed by atoms with E-state index in [4.69, 9.17) is 4.74 Å². The summed E-state index contributed by atoms with van der Waals surface area (Å²) >= 11 is 3.46. The number of hydrogen-bond acceptors (Lipinski definition) is 2. The molecule has 2 nitrogen and oxygen atoms in total. The first kappa shape index (κ1) is 9.84. The molecular weight excluding hydrogens is 242 g/mol. The Bertz CT molecular complexity index is 323. The van der Waals surface area contributed by atoms with E-state index in [9.17, 15) is 0 Å². The number of methoxy groups -OCH3 is 1. The molecule has 1 aromatic carbocycles. The fourth-order valence-electron chi connectivity index (χ4n) is 1.55. The minimum atomic E-state index is 0.661. The number of nitrogens with one attached hydrogen (secondary N) is 1. The monoisotopic (exact) mass is 255 g/mol. The van der Waals surface area contributed by atoms with Crippen LogP contribution in [0.2, 0.25) is 0 Å². The Kier molecular flexibility index (Phi) is 2.96. The summed E-state index contributed by atoms with van der Waals surface area (Å²) in [6.07, 6.45) is 3.92. The number of hydrogen-bond donors (Lipinski definition) is 1. The molecule has 1 N–H and O–H groups in total. The predicted molar refractivity (Wildman–Crippen MR) is 62.0 cm³/mol. The number of ether oxygens (including phenoxy) is 1. The Balaban J connectivity index is 2.11. The maximum absolute atomic E-state index is 5.20. The second kappa shape index (κ2) is 4.22. The standard InChI is InChI=1S/C11H14BrNO/c1-14-11-6-8(12)5-10(7-11)13-9-3-2-4-9/h5-7,9,13H,2-4H2,1H3. The molecule has 0 saturated heterocycles. The molecule has 1 aliphatic carbocycles. The van der Waals surface area contributed by atoms with Gasteiger partial charge in [-0.2, -0.15) is 0 Å². The van der Waals surface area contributed by atoms with E-state index in [-0.39, 0.29) is 0 Å². The molecule has 14 heavy (non-hydrogen) atoms. The summed E-state index contributed by atoms with van der Waals surface area (Å²) in [6.45, 7) is 0. The van der Waals surface area contributed by atoms with Gasteiger partial charge in [-0.15, -0.1) is 0 Å². The molecule has 0 bridgehead atoms. The quantitative estimate of drug-likeness (QED) is 0.894. The van der Waals surface area contributed by atoms with Crippen LogP contribution in [0.1, 0.15) is 19.3 Å². The van der Waals surface area contributed by atoms with Crippen molar-refractivity contribution in [1.29, 1.82) is 0 Å². The van der Waals surface area contributed by atoms with E-state index in [1.807, 2.05) is 12.1 Å². The zero-order valence-corrected chi connectivity index (χ0v) is 9.80. The highest BCUT2D eigenvalue weighted by Crippen LogP contribution is 2.28. The lowest BCUT2D eigenvalue weighted by atomic mass is 9.93. The van der Waals surface area contributed by atoms with Gasteiger partial charge in [0.1, 0.15) is 5.75 Å². The van der Waals surface area contributed by atoms with Gasteiger partial charge in [0.25, 0.3) is 0 Å². The van der Waals surface area contributed by atoms with E-state index >= 15 is 0 Å². The lowest BCUT2D eigenvalue weighted by Crippen LogP contribution is -2.26. The van der Waals surface area contributed by atoms with Crippen molar-refractivity contribution in [3.8, 4) is 5.75 Å². The molecule has 0 aliphatic heterocycles. The maximum Gasteiger partial charge on any atom is 0.122 e. The smallest absolute Gasteiger partial charge is 0.122 e. The van der Waals surface area contributed by atoms with Gasteiger partial charge in [-0.25, -0.2) is 0 Å². The van der Waals surface area contributed by atoms with Gasteiger partial charge < -0.3 is 10.1 Å². The molecule has 0 unspecified atom stereocenters. The van der Waals surface area contributed by atoms with Gasteiger partial charge in [-0.3, -0.25) is 0 Å². The van der Waals surface area contributed by atoms with Crippen molar-refractivity contribution in [2.24, 2.45) is 0 Å². The van der Waals surface area contributed by atoms with Gasteiger partial charge in [0.2, 0.25) is 0 Å². The highest BCUT2D eigenvalue weighted by atomic mass is 79.9. The fourth-order valence-corrected chi connectivity index (χ4v) is 2.02. The van der Waals surface area contributed by atoms with Crippen LogP contribution < -0.4 is 10.1 Å². The summed E-state index contributed by atoms with van der Waals surface area (Å²) < 4.78 is 6.25. The van der Waals surface area contributed by atoms with Crippen LogP contribution in [0.15, 0.2) is 22.7 Å². The molecule has 1 aromatic rings. The Morgan fingerprint density at radius 2 is 2.14 bits per heavy atom. The molecule has 0 atom stereocenters. The Morgan fingerprint density at radius 3 is 2.71 bits per heavy atom. The van der Waals surface area contributed by atoms with Gasteiger partial charge in [-0.1, -0.05) is 15.9 Å². The van der Waals surface area contributed by atoms with E-state index in [1.54, 1.807) is 7.11 Å². The molecule has 0 spiro atoms. The molecule has 2 rings (SSSR count). The van der Waals surface area contributed by atoms with E-state index in [2.05, 4.69) is 27.3 Å². The minimum absolute atomic E-state index is 0.661. The summed E-state index contributed by atoms with van der Waals surface area (Å²) in [4.78, 5) is 0. The molecule has 0 aromatic heterocycles. The topological polar surface area (TPSA) is 21.3 Å². The SMILES string of the molecule is COc1cc(Br)cc(NC2CCC2)c1. The Hall–Kier alpha value is -0.700. The second-order valence-electron chi connectivity index (χ2n) is 3.65. The zero-order chi connectivity index (χ0) is 9.97. The average Bonchev–Trinajstić information content (AvgIpc) is 2.10. The third-order valence-electron chi connectivity index (χ3n) is 2.58. The van der Waals surface area contributed by atoms with Gasteiger partial charge in [-0.05, 0) is 31.4 Å². The molecule has 0 radical (unpaired) electrons. The highest BCUT2D eigenvalue weighted by Gasteiger charge is 2.16.